The molecule has 0 radical (unpaired) electrons. The number of carbonyl (C=O) groups is 2. The Balaban J connectivity index is 1.79. The standard InChI is InChI=1S/C35H33BFN2O4/c1-20-15-22(3)38-32(20)31(33-21(2)16-23(4)39(33)36-37)30-18-28(24-7-11-26(12-8-24)34(40)42-5)17-29(19-30)25-9-13-27(14-10-25)35(41)43-6/h7-19H,36H2,1-6H3/q-1/b32-31-. The number of aryl methyl sites for hydroxylation is 2. The lowest BCUT2D eigenvalue weighted by Crippen LogP contribution is -2.10. The summed E-state index contributed by atoms with van der Waals surface area (Å²) < 4.78 is 26.2. The summed E-state index contributed by atoms with van der Waals surface area (Å²) in [7, 11) is 0.780. The van der Waals surface area contributed by atoms with E-state index in [2.05, 4.69) is 18.2 Å². The highest BCUT2D eigenvalue weighted by atomic mass is 19.1. The molecule has 0 bridgehead atoms. The van der Waals surface area contributed by atoms with Crippen LogP contribution in [0, 0.1) is 13.8 Å². The first kappa shape index (κ1) is 29.5. The summed E-state index contributed by atoms with van der Waals surface area (Å²) in [6.07, 6.45) is 2.04. The number of rotatable bonds is 7. The number of aromatic nitrogens is 1. The molecule has 0 saturated heterocycles. The van der Waals surface area contributed by atoms with Crippen molar-refractivity contribution in [2.75, 3.05) is 14.2 Å². The normalized spacial score (nSPS) is 13.8. The number of ether oxygens (including phenoxy) is 2. The molecule has 8 heteroatoms. The lowest BCUT2D eigenvalue weighted by molar-refractivity contribution is 0.0592. The van der Waals surface area contributed by atoms with Crippen molar-refractivity contribution < 1.29 is 23.4 Å². The van der Waals surface area contributed by atoms with E-state index in [0.29, 0.717) is 11.1 Å². The highest BCUT2D eigenvalue weighted by Crippen LogP contribution is 2.40. The topological polar surface area (TPSA) is 69.9 Å². The highest BCUT2D eigenvalue weighted by Gasteiger charge is 2.22. The third-order valence-corrected chi connectivity index (χ3v) is 7.89. The number of aliphatic imine (C=N–C) groups is 1. The Labute approximate surface area is 251 Å². The van der Waals surface area contributed by atoms with Gasteiger partial charge in [0, 0.05) is 17.0 Å². The molecule has 0 amide bonds. The number of allylic oxidation sites excluding steroid dienone is 2. The van der Waals surface area contributed by atoms with Gasteiger partial charge in [-0.25, -0.2) is 9.59 Å². The molecule has 218 valence electrons. The van der Waals surface area contributed by atoms with Crippen molar-refractivity contribution in [2.45, 2.75) is 27.7 Å². The van der Waals surface area contributed by atoms with E-state index in [1.54, 1.807) is 28.7 Å². The maximum absolute atomic E-state index is 14.7. The van der Waals surface area contributed by atoms with Crippen LogP contribution in [0.2, 0.25) is 0 Å². The van der Waals surface area contributed by atoms with Crippen molar-refractivity contribution in [2.24, 2.45) is 4.99 Å². The number of nitrogens with zero attached hydrogens (tertiary/aromatic N) is 2. The van der Waals surface area contributed by atoms with E-state index in [1.165, 1.54) is 14.2 Å². The zero-order chi connectivity index (χ0) is 30.8. The molecule has 6 nitrogen and oxygen atoms in total. The zero-order valence-corrected chi connectivity index (χ0v) is 25.4. The molecule has 1 aliphatic rings. The average molecular weight is 575 g/mol. The summed E-state index contributed by atoms with van der Waals surface area (Å²) in [4.78, 5) is 29.1. The van der Waals surface area contributed by atoms with E-state index in [-0.39, 0.29) is 0 Å². The van der Waals surface area contributed by atoms with Crippen molar-refractivity contribution >= 4 is 30.9 Å². The van der Waals surface area contributed by atoms with Crippen LogP contribution in [0.5, 0.6) is 0 Å². The maximum Gasteiger partial charge on any atom is 0.337 e. The number of benzene rings is 3. The van der Waals surface area contributed by atoms with Gasteiger partial charge in [0.15, 0.2) is 0 Å². The summed E-state index contributed by atoms with van der Waals surface area (Å²) in [6.45, 7) is 7.93. The van der Waals surface area contributed by atoms with Crippen LogP contribution < -0.4 is 0 Å². The molecule has 43 heavy (non-hydrogen) atoms. The van der Waals surface area contributed by atoms with Crippen LogP contribution in [-0.4, -0.2) is 44.0 Å². The molecule has 0 N–H and O–H groups in total. The molecule has 0 saturated carbocycles. The number of halogens is 1. The number of esters is 2. The highest BCUT2D eigenvalue weighted by molar-refractivity contribution is 6.25. The second-order valence-corrected chi connectivity index (χ2v) is 10.8. The molecule has 4 aromatic rings. The first-order valence-corrected chi connectivity index (χ1v) is 14.1. The molecule has 1 aliphatic heterocycles. The van der Waals surface area contributed by atoms with Crippen molar-refractivity contribution in [3.8, 4) is 22.3 Å². The van der Waals surface area contributed by atoms with E-state index in [9.17, 15) is 13.9 Å². The van der Waals surface area contributed by atoms with Crippen LogP contribution in [0.1, 0.15) is 57.1 Å². The largest absolute Gasteiger partial charge is 0.498 e. The second-order valence-electron chi connectivity index (χ2n) is 10.8. The van der Waals surface area contributed by atoms with Gasteiger partial charge in [0.05, 0.1) is 31.0 Å². The monoisotopic (exact) mass is 575 g/mol. The van der Waals surface area contributed by atoms with E-state index in [4.69, 9.17) is 14.5 Å². The number of hydrogen-bond donors (Lipinski definition) is 0. The van der Waals surface area contributed by atoms with Gasteiger partial charge < -0.3 is 18.3 Å². The Morgan fingerprint density at radius 2 is 1.23 bits per heavy atom. The van der Waals surface area contributed by atoms with Crippen LogP contribution in [0.4, 0.5) is 4.32 Å². The molecule has 3 aromatic carbocycles. The van der Waals surface area contributed by atoms with Gasteiger partial charge >= 0.3 is 11.9 Å². The predicted molar refractivity (Wildman–Crippen MR) is 172 cm³/mol. The van der Waals surface area contributed by atoms with Gasteiger partial charge in [-0.05, 0) is 127 Å². The minimum atomic E-state index is -1.93. The first-order valence-electron chi connectivity index (χ1n) is 14.1. The lowest BCUT2D eigenvalue weighted by Gasteiger charge is -2.22. The molecule has 1 aromatic heterocycles. The summed E-state index contributed by atoms with van der Waals surface area (Å²) in [5.41, 5.74) is 11.6. The fraction of sp³-hybridized carbons (Fsp3) is 0.171. The van der Waals surface area contributed by atoms with Gasteiger partial charge in [-0.1, -0.05) is 24.3 Å². The Morgan fingerprint density at radius 1 is 0.721 bits per heavy atom. The summed E-state index contributed by atoms with van der Waals surface area (Å²) >= 11 is 0. The van der Waals surface area contributed by atoms with Crippen molar-refractivity contribution in [1.29, 1.82) is 0 Å². The van der Waals surface area contributed by atoms with Crippen molar-refractivity contribution in [3.63, 3.8) is 0 Å². The predicted octanol–water partition coefficient (Wildman–Crippen LogP) is 7.01. The fourth-order valence-corrected chi connectivity index (χ4v) is 5.76. The van der Waals surface area contributed by atoms with Crippen LogP contribution >= 0.6 is 0 Å². The Hall–Kier alpha value is -4.98. The molecular weight excluding hydrogens is 542 g/mol. The molecule has 0 spiro atoms. The third kappa shape index (κ3) is 5.73. The number of methoxy groups -OCH3 is 2. The maximum atomic E-state index is 14.7. The van der Waals surface area contributed by atoms with Crippen LogP contribution in [0.15, 0.2) is 95.1 Å². The Bertz CT molecular complexity index is 1750. The minimum Gasteiger partial charge on any atom is -0.498 e. The quantitative estimate of drug-likeness (QED) is 0.176. The van der Waals surface area contributed by atoms with E-state index in [1.807, 2.05) is 64.1 Å². The van der Waals surface area contributed by atoms with Crippen LogP contribution in [0.25, 0.3) is 27.8 Å². The third-order valence-electron chi connectivity index (χ3n) is 7.89. The molecule has 0 aliphatic carbocycles. The van der Waals surface area contributed by atoms with Crippen LogP contribution in [-0.2, 0) is 9.47 Å². The van der Waals surface area contributed by atoms with Gasteiger partial charge in [0.25, 0.3) is 0 Å². The van der Waals surface area contributed by atoms with Gasteiger partial charge in [-0.15, -0.1) is 0 Å². The molecule has 0 atom stereocenters. The number of carbonyl (C=O) groups excluding carboxylic acids is 2. The minimum absolute atomic E-state index is 0.406. The van der Waals surface area contributed by atoms with Crippen LogP contribution in [0.3, 0.4) is 0 Å². The average Bonchev–Trinajstić information content (AvgIpc) is 3.51. The smallest absolute Gasteiger partial charge is 0.337 e. The van der Waals surface area contributed by atoms with Gasteiger partial charge in [0.1, 0.15) is 0 Å². The van der Waals surface area contributed by atoms with E-state index >= 15 is 0 Å². The Kier molecular flexibility index (Phi) is 8.30. The molecule has 0 fully saturated rings. The van der Waals surface area contributed by atoms with Crippen molar-refractivity contribution in [1.82, 2.24) is 4.48 Å². The molecule has 5 rings (SSSR count). The molecular formula is C35H33BFN2O4-. The van der Waals surface area contributed by atoms with E-state index < -0.39 is 19.6 Å². The van der Waals surface area contributed by atoms with Gasteiger partial charge in [-0.3, -0.25) is 4.99 Å². The SMILES string of the molecule is COC(=O)c1ccc(-c2cc(/C(=C3/N=C(C)C=C3C)c3c(C)cc(C)n3[BH2-]F)cc(-c3ccc(C(=O)OC)cc3)c2)cc1. The number of hydrogen-bond acceptors (Lipinski definition) is 5. The molecule has 2 heterocycles. The fourth-order valence-electron chi connectivity index (χ4n) is 5.76. The molecule has 0 unspecified atom stereocenters. The lowest BCUT2D eigenvalue weighted by atomic mass is 9.89. The first-order chi connectivity index (χ1) is 20.6. The zero-order valence-electron chi connectivity index (χ0n) is 25.4. The van der Waals surface area contributed by atoms with Crippen molar-refractivity contribution in [3.05, 3.63) is 124 Å². The Morgan fingerprint density at radius 3 is 1.65 bits per heavy atom. The summed E-state index contributed by atoms with van der Waals surface area (Å²) in [6, 6.07) is 22.8. The summed E-state index contributed by atoms with van der Waals surface area (Å²) in [5.74, 6) is -0.811. The van der Waals surface area contributed by atoms with Gasteiger partial charge in [-0.2, -0.15) is 0 Å². The van der Waals surface area contributed by atoms with Gasteiger partial charge in [0.2, 0.25) is 7.69 Å². The second kappa shape index (κ2) is 12.1. The summed E-state index contributed by atoms with van der Waals surface area (Å²) in [5, 5.41) is 0. The van der Waals surface area contributed by atoms with E-state index in [0.717, 1.165) is 67.3 Å².